The summed E-state index contributed by atoms with van der Waals surface area (Å²) in [4.78, 5) is 24.4. The van der Waals surface area contributed by atoms with Crippen LogP contribution in [0.15, 0.2) is 42.5 Å². The first kappa shape index (κ1) is 20.2. The summed E-state index contributed by atoms with van der Waals surface area (Å²) < 4.78 is 10.0. The molecule has 2 rings (SSSR count). The van der Waals surface area contributed by atoms with E-state index in [-0.39, 0.29) is 24.3 Å². The van der Waals surface area contributed by atoms with Crippen molar-refractivity contribution in [2.75, 3.05) is 13.2 Å². The van der Waals surface area contributed by atoms with E-state index in [1.807, 2.05) is 0 Å². The van der Waals surface area contributed by atoms with Gasteiger partial charge < -0.3 is 9.47 Å². The molecule has 0 spiro atoms. The third-order valence-electron chi connectivity index (χ3n) is 3.62. The van der Waals surface area contributed by atoms with Gasteiger partial charge in [0.05, 0.1) is 36.0 Å². The Morgan fingerprint density at radius 2 is 1.59 bits per heavy atom. The van der Waals surface area contributed by atoms with Gasteiger partial charge in [0.1, 0.15) is 0 Å². The van der Waals surface area contributed by atoms with E-state index in [2.05, 4.69) is 6.07 Å². The van der Waals surface area contributed by atoms with Crippen LogP contribution in [0.25, 0.3) is 11.6 Å². The fourth-order valence-corrected chi connectivity index (χ4v) is 2.52. The Kier molecular flexibility index (Phi) is 7.16. The van der Waals surface area contributed by atoms with Crippen LogP contribution >= 0.6 is 11.6 Å². The fourth-order valence-electron chi connectivity index (χ4n) is 2.39. The van der Waals surface area contributed by atoms with Gasteiger partial charge in [-0.25, -0.2) is 9.59 Å². The first-order valence-electron chi connectivity index (χ1n) is 8.36. The molecule has 0 amide bonds. The second-order valence-corrected chi connectivity index (χ2v) is 5.86. The smallest absolute Gasteiger partial charge is 0.339 e. The predicted octanol–water partition coefficient (Wildman–Crippen LogP) is 4.76. The summed E-state index contributed by atoms with van der Waals surface area (Å²) in [6, 6.07) is 13.6. The monoisotopic (exact) mass is 383 g/mol. The predicted molar refractivity (Wildman–Crippen MR) is 103 cm³/mol. The van der Waals surface area contributed by atoms with Crippen LogP contribution in [0, 0.1) is 11.3 Å². The molecular formula is C21H18ClNO4. The van der Waals surface area contributed by atoms with Crippen LogP contribution in [0.2, 0.25) is 5.02 Å². The van der Waals surface area contributed by atoms with Crippen LogP contribution in [0.3, 0.4) is 0 Å². The molecule has 0 atom stereocenters. The molecule has 6 heteroatoms. The number of nitriles is 1. The lowest BCUT2D eigenvalue weighted by Crippen LogP contribution is -2.14. The van der Waals surface area contributed by atoms with Crippen LogP contribution < -0.4 is 0 Å². The lowest BCUT2D eigenvalue weighted by Gasteiger charge is -2.09. The Bertz CT molecular complexity index is 911. The largest absolute Gasteiger partial charge is 0.462 e. The zero-order valence-corrected chi connectivity index (χ0v) is 15.7. The second kappa shape index (κ2) is 9.56. The van der Waals surface area contributed by atoms with E-state index in [9.17, 15) is 14.9 Å². The lowest BCUT2D eigenvalue weighted by atomic mass is 10.00. The van der Waals surface area contributed by atoms with Crippen molar-refractivity contribution in [3.8, 4) is 6.07 Å². The summed E-state index contributed by atoms with van der Waals surface area (Å²) in [6.45, 7) is 3.73. The van der Waals surface area contributed by atoms with Gasteiger partial charge in [0, 0.05) is 5.02 Å². The van der Waals surface area contributed by atoms with Gasteiger partial charge in [0.25, 0.3) is 0 Å². The molecule has 0 aromatic heterocycles. The molecule has 0 saturated heterocycles. The SMILES string of the molecule is CCOC(=O)c1ccc(/C=C(\C#N)c2ccc(Cl)cc2)cc1C(=O)OCC. The molecule has 0 radical (unpaired) electrons. The van der Waals surface area contributed by atoms with E-state index in [0.717, 1.165) is 0 Å². The number of nitrogens with zero attached hydrogens (tertiary/aromatic N) is 1. The van der Waals surface area contributed by atoms with Crippen LogP contribution in [-0.4, -0.2) is 25.2 Å². The van der Waals surface area contributed by atoms with Crippen molar-refractivity contribution >= 4 is 35.2 Å². The van der Waals surface area contributed by atoms with Gasteiger partial charge >= 0.3 is 11.9 Å². The first-order valence-corrected chi connectivity index (χ1v) is 8.74. The third-order valence-corrected chi connectivity index (χ3v) is 3.87. The number of carbonyl (C=O) groups is 2. The summed E-state index contributed by atoms with van der Waals surface area (Å²) >= 11 is 5.88. The van der Waals surface area contributed by atoms with E-state index < -0.39 is 11.9 Å². The molecule has 0 saturated carbocycles. The number of benzene rings is 2. The number of allylic oxidation sites excluding steroid dienone is 1. The molecule has 138 valence electrons. The molecule has 0 fully saturated rings. The van der Waals surface area contributed by atoms with Crippen molar-refractivity contribution in [1.29, 1.82) is 5.26 Å². The molecule has 0 aliphatic heterocycles. The molecule has 2 aromatic carbocycles. The van der Waals surface area contributed by atoms with Crippen molar-refractivity contribution in [2.45, 2.75) is 13.8 Å². The van der Waals surface area contributed by atoms with Gasteiger partial charge in [-0.2, -0.15) is 5.26 Å². The Balaban J connectivity index is 2.49. The normalized spacial score (nSPS) is 10.8. The molecule has 5 nitrogen and oxygen atoms in total. The maximum atomic E-state index is 12.3. The van der Waals surface area contributed by atoms with E-state index in [0.29, 0.717) is 21.7 Å². The first-order chi connectivity index (χ1) is 13.0. The molecule has 0 heterocycles. The van der Waals surface area contributed by atoms with Gasteiger partial charge in [-0.05, 0) is 55.3 Å². The number of halogens is 1. The molecule has 0 bridgehead atoms. The third kappa shape index (κ3) is 5.19. The topological polar surface area (TPSA) is 76.4 Å². The van der Waals surface area contributed by atoms with Crippen molar-refractivity contribution in [3.63, 3.8) is 0 Å². The number of ether oxygens (including phenoxy) is 2. The van der Waals surface area contributed by atoms with Crippen molar-refractivity contribution < 1.29 is 19.1 Å². The highest BCUT2D eigenvalue weighted by molar-refractivity contribution is 6.30. The van der Waals surface area contributed by atoms with Crippen LogP contribution in [0.5, 0.6) is 0 Å². The minimum Gasteiger partial charge on any atom is -0.462 e. The molecule has 0 aliphatic rings. The minimum atomic E-state index is -0.624. The molecule has 27 heavy (non-hydrogen) atoms. The van der Waals surface area contributed by atoms with Crippen LogP contribution in [0.4, 0.5) is 0 Å². The minimum absolute atomic E-state index is 0.0949. The van der Waals surface area contributed by atoms with Crippen LogP contribution in [0.1, 0.15) is 45.7 Å². The van der Waals surface area contributed by atoms with Gasteiger partial charge in [0.2, 0.25) is 0 Å². The summed E-state index contributed by atoms with van der Waals surface area (Å²) in [6.07, 6.45) is 1.63. The van der Waals surface area contributed by atoms with Crippen LogP contribution in [-0.2, 0) is 9.47 Å². The highest BCUT2D eigenvalue weighted by Crippen LogP contribution is 2.22. The van der Waals surface area contributed by atoms with E-state index in [4.69, 9.17) is 21.1 Å². The van der Waals surface area contributed by atoms with Gasteiger partial charge in [-0.3, -0.25) is 0 Å². The zero-order chi connectivity index (χ0) is 19.8. The average Bonchev–Trinajstić information content (AvgIpc) is 2.67. The van der Waals surface area contributed by atoms with E-state index in [1.54, 1.807) is 50.3 Å². The maximum absolute atomic E-state index is 12.3. The van der Waals surface area contributed by atoms with E-state index in [1.165, 1.54) is 12.1 Å². The molecule has 0 aliphatic carbocycles. The molecule has 0 unspecified atom stereocenters. The fraction of sp³-hybridized carbons (Fsp3) is 0.190. The molecule has 0 N–H and O–H groups in total. The van der Waals surface area contributed by atoms with Gasteiger partial charge in [-0.15, -0.1) is 0 Å². The summed E-state index contributed by atoms with van der Waals surface area (Å²) in [7, 11) is 0. The Labute approximate surface area is 162 Å². The van der Waals surface area contributed by atoms with Crippen molar-refractivity contribution in [2.24, 2.45) is 0 Å². The quantitative estimate of drug-likeness (QED) is 0.408. The number of carbonyl (C=O) groups excluding carboxylic acids is 2. The highest BCUT2D eigenvalue weighted by Gasteiger charge is 2.19. The van der Waals surface area contributed by atoms with E-state index >= 15 is 0 Å². The zero-order valence-electron chi connectivity index (χ0n) is 15.0. The maximum Gasteiger partial charge on any atom is 0.339 e. The highest BCUT2D eigenvalue weighted by atomic mass is 35.5. The van der Waals surface area contributed by atoms with Crippen molar-refractivity contribution in [3.05, 3.63) is 69.7 Å². The summed E-state index contributed by atoms with van der Waals surface area (Å²) in [5, 5.41) is 10.0. The lowest BCUT2D eigenvalue weighted by molar-refractivity contribution is 0.0479. The average molecular weight is 384 g/mol. The number of rotatable bonds is 6. The molecule has 2 aromatic rings. The standard InChI is InChI=1S/C21H18ClNO4/c1-3-26-20(24)18-10-5-14(12-19(18)21(25)27-4-2)11-16(13-23)15-6-8-17(22)9-7-15/h5-12H,3-4H2,1-2H3/b16-11+. The van der Waals surface area contributed by atoms with Crippen molar-refractivity contribution in [1.82, 2.24) is 0 Å². The Hall–Kier alpha value is -3.10. The Morgan fingerprint density at radius 1 is 1.00 bits per heavy atom. The number of hydrogen-bond donors (Lipinski definition) is 0. The molecular weight excluding hydrogens is 366 g/mol. The number of hydrogen-bond acceptors (Lipinski definition) is 5. The van der Waals surface area contributed by atoms with Gasteiger partial charge in [-0.1, -0.05) is 29.8 Å². The van der Waals surface area contributed by atoms with Gasteiger partial charge in [0.15, 0.2) is 0 Å². The summed E-state index contributed by atoms with van der Waals surface area (Å²) in [5.74, 6) is -1.23. The summed E-state index contributed by atoms with van der Waals surface area (Å²) in [5.41, 5.74) is 1.88. The second-order valence-electron chi connectivity index (χ2n) is 5.42. The number of esters is 2. The Morgan fingerprint density at radius 3 is 2.15 bits per heavy atom.